The highest BCUT2D eigenvalue weighted by Crippen LogP contribution is 2.14. The average molecular weight is 339 g/mol. The van der Waals surface area contributed by atoms with Crippen LogP contribution in [0.1, 0.15) is 42.6 Å². The number of carbonyl (C=O) groups is 1. The fourth-order valence-electron chi connectivity index (χ4n) is 2.41. The van der Waals surface area contributed by atoms with Crippen molar-refractivity contribution in [2.75, 3.05) is 6.54 Å². The zero-order valence-electron chi connectivity index (χ0n) is 13.6. The predicted octanol–water partition coefficient (Wildman–Crippen LogP) is 1.67. The van der Waals surface area contributed by atoms with E-state index in [0.29, 0.717) is 25.0 Å². The third kappa shape index (κ3) is 3.71. The van der Waals surface area contributed by atoms with Crippen molar-refractivity contribution in [3.63, 3.8) is 0 Å². The summed E-state index contributed by atoms with van der Waals surface area (Å²) in [4.78, 5) is 29.1. The smallest absolute Gasteiger partial charge is 0.270 e. The largest absolute Gasteiger partial charge is 0.345 e. The lowest BCUT2D eigenvalue weighted by atomic mass is 9.92. The molecule has 0 saturated carbocycles. The molecule has 23 heavy (non-hydrogen) atoms. The van der Waals surface area contributed by atoms with Crippen molar-refractivity contribution in [3.05, 3.63) is 46.0 Å². The van der Waals surface area contributed by atoms with Gasteiger partial charge in [-0.2, -0.15) is 0 Å². The van der Waals surface area contributed by atoms with Crippen LogP contribution in [0.4, 0.5) is 0 Å². The summed E-state index contributed by atoms with van der Waals surface area (Å²) in [6, 6.07) is 3.60. The van der Waals surface area contributed by atoms with Gasteiger partial charge in [0.1, 0.15) is 11.2 Å². The lowest BCUT2D eigenvalue weighted by Crippen LogP contribution is -2.53. The number of rotatable bonds is 5. The highest BCUT2D eigenvalue weighted by Gasteiger charge is 2.28. The highest BCUT2D eigenvalue weighted by atomic mass is 35.5. The van der Waals surface area contributed by atoms with Crippen molar-refractivity contribution in [2.45, 2.75) is 39.2 Å². The van der Waals surface area contributed by atoms with E-state index in [9.17, 15) is 9.59 Å². The maximum absolute atomic E-state index is 12.5. The van der Waals surface area contributed by atoms with E-state index in [2.05, 4.69) is 10.3 Å². The van der Waals surface area contributed by atoms with Gasteiger partial charge in [-0.15, -0.1) is 12.4 Å². The molecule has 7 heteroatoms. The SMILES string of the molecule is CCC(CC)(CN)NC(=O)c1cnc2cc(C)ccn2c1=O.Cl. The summed E-state index contributed by atoms with van der Waals surface area (Å²) in [7, 11) is 0. The zero-order valence-corrected chi connectivity index (χ0v) is 14.4. The Bertz CT molecular complexity index is 745. The van der Waals surface area contributed by atoms with Crippen LogP contribution in [-0.2, 0) is 0 Å². The second-order valence-corrected chi connectivity index (χ2v) is 5.56. The molecule has 0 bridgehead atoms. The van der Waals surface area contributed by atoms with Crippen LogP contribution < -0.4 is 16.6 Å². The van der Waals surface area contributed by atoms with E-state index in [0.717, 1.165) is 5.56 Å². The number of halogens is 1. The summed E-state index contributed by atoms with van der Waals surface area (Å²) in [6.45, 7) is 6.17. The lowest BCUT2D eigenvalue weighted by molar-refractivity contribution is 0.0893. The van der Waals surface area contributed by atoms with Crippen molar-refractivity contribution in [2.24, 2.45) is 5.73 Å². The Morgan fingerprint density at radius 1 is 1.39 bits per heavy atom. The molecule has 0 spiro atoms. The zero-order chi connectivity index (χ0) is 16.3. The van der Waals surface area contributed by atoms with Gasteiger partial charge < -0.3 is 11.1 Å². The van der Waals surface area contributed by atoms with Crippen LogP contribution in [0, 0.1) is 6.92 Å². The fourth-order valence-corrected chi connectivity index (χ4v) is 2.41. The molecule has 0 radical (unpaired) electrons. The maximum Gasteiger partial charge on any atom is 0.270 e. The Balaban J connectivity index is 0.00000264. The summed E-state index contributed by atoms with van der Waals surface area (Å²) in [5, 5.41) is 2.90. The number of nitrogens with one attached hydrogen (secondary N) is 1. The molecule has 0 aliphatic rings. The average Bonchev–Trinajstić information content (AvgIpc) is 2.52. The van der Waals surface area contributed by atoms with Gasteiger partial charge in [-0.1, -0.05) is 13.8 Å². The number of carbonyl (C=O) groups excluding carboxylic acids is 1. The number of fused-ring (bicyclic) bond motifs is 1. The second-order valence-electron chi connectivity index (χ2n) is 5.56. The molecule has 0 aliphatic carbocycles. The number of amides is 1. The molecular weight excluding hydrogens is 316 g/mol. The first-order valence-corrected chi connectivity index (χ1v) is 7.47. The Hall–Kier alpha value is -1.92. The molecular formula is C16H23ClN4O2. The van der Waals surface area contributed by atoms with Crippen LogP contribution in [0.5, 0.6) is 0 Å². The van der Waals surface area contributed by atoms with E-state index in [1.165, 1.54) is 10.6 Å². The predicted molar refractivity (Wildman–Crippen MR) is 93.3 cm³/mol. The summed E-state index contributed by atoms with van der Waals surface area (Å²) in [6.07, 6.45) is 4.37. The summed E-state index contributed by atoms with van der Waals surface area (Å²) in [5.74, 6) is -0.429. The van der Waals surface area contributed by atoms with Gasteiger partial charge in [-0.05, 0) is 37.5 Å². The van der Waals surface area contributed by atoms with Gasteiger partial charge in [0.05, 0.1) is 5.54 Å². The number of nitrogens with zero attached hydrogens (tertiary/aromatic N) is 2. The molecule has 1 amide bonds. The molecule has 0 atom stereocenters. The quantitative estimate of drug-likeness (QED) is 0.867. The van der Waals surface area contributed by atoms with Crippen molar-refractivity contribution in [1.29, 1.82) is 0 Å². The molecule has 0 unspecified atom stereocenters. The van der Waals surface area contributed by atoms with Gasteiger partial charge in [0, 0.05) is 18.9 Å². The van der Waals surface area contributed by atoms with Crippen LogP contribution in [0.2, 0.25) is 0 Å². The van der Waals surface area contributed by atoms with E-state index in [4.69, 9.17) is 5.73 Å². The third-order valence-electron chi connectivity index (χ3n) is 4.23. The van der Waals surface area contributed by atoms with E-state index in [1.54, 1.807) is 18.3 Å². The highest BCUT2D eigenvalue weighted by molar-refractivity contribution is 5.94. The normalized spacial score (nSPS) is 11.1. The number of pyridine rings is 1. The van der Waals surface area contributed by atoms with Gasteiger partial charge in [0.25, 0.3) is 11.5 Å². The van der Waals surface area contributed by atoms with E-state index >= 15 is 0 Å². The van der Waals surface area contributed by atoms with Crippen molar-refractivity contribution in [3.8, 4) is 0 Å². The van der Waals surface area contributed by atoms with Crippen molar-refractivity contribution in [1.82, 2.24) is 14.7 Å². The van der Waals surface area contributed by atoms with Gasteiger partial charge in [-0.3, -0.25) is 14.0 Å². The summed E-state index contributed by atoms with van der Waals surface area (Å²) in [5.41, 5.74) is 6.48. The third-order valence-corrected chi connectivity index (χ3v) is 4.23. The first-order valence-electron chi connectivity index (χ1n) is 7.47. The van der Waals surface area contributed by atoms with Crippen LogP contribution >= 0.6 is 12.4 Å². The minimum atomic E-state index is -0.490. The van der Waals surface area contributed by atoms with Gasteiger partial charge in [0.15, 0.2) is 0 Å². The summed E-state index contributed by atoms with van der Waals surface area (Å²) < 4.78 is 1.38. The standard InChI is InChI=1S/C16H22N4O2.ClH/c1-4-16(5-2,10-17)19-14(21)12-9-18-13-8-11(3)6-7-20(13)15(12)22;/h6-9H,4-5,10,17H2,1-3H3,(H,19,21);1H. The molecule has 0 aliphatic heterocycles. The lowest BCUT2D eigenvalue weighted by Gasteiger charge is -2.31. The Morgan fingerprint density at radius 3 is 2.61 bits per heavy atom. The van der Waals surface area contributed by atoms with Crippen molar-refractivity contribution >= 4 is 24.0 Å². The monoisotopic (exact) mass is 338 g/mol. The number of nitrogens with two attached hydrogens (primary N) is 1. The van der Waals surface area contributed by atoms with Gasteiger partial charge >= 0.3 is 0 Å². The Labute approximate surface area is 141 Å². The molecule has 2 aromatic heterocycles. The van der Waals surface area contributed by atoms with E-state index in [1.807, 2.05) is 20.8 Å². The number of aryl methyl sites for hydroxylation is 1. The second kappa shape index (κ2) is 7.57. The molecule has 0 aromatic carbocycles. The maximum atomic E-state index is 12.5. The molecule has 0 fully saturated rings. The first kappa shape index (κ1) is 19.1. The number of hydrogen-bond donors (Lipinski definition) is 2. The van der Waals surface area contributed by atoms with Gasteiger partial charge in [-0.25, -0.2) is 4.98 Å². The topological polar surface area (TPSA) is 89.5 Å². The van der Waals surface area contributed by atoms with Crippen LogP contribution in [0.15, 0.2) is 29.3 Å². The number of aromatic nitrogens is 2. The molecule has 6 nitrogen and oxygen atoms in total. The van der Waals surface area contributed by atoms with E-state index < -0.39 is 11.4 Å². The van der Waals surface area contributed by atoms with E-state index in [-0.39, 0.29) is 23.5 Å². The Kier molecular flexibility index (Phi) is 6.29. The minimum Gasteiger partial charge on any atom is -0.345 e. The van der Waals surface area contributed by atoms with Crippen molar-refractivity contribution < 1.29 is 4.79 Å². The molecule has 2 heterocycles. The molecule has 3 N–H and O–H groups in total. The molecule has 2 aromatic rings. The molecule has 2 rings (SSSR count). The van der Waals surface area contributed by atoms with Gasteiger partial charge in [0.2, 0.25) is 0 Å². The van der Waals surface area contributed by atoms with Crippen LogP contribution in [0.25, 0.3) is 5.65 Å². The molecule has 0 saturated heterocycles. The fraction of sp³-hybridized carbons (Fsp3) is 0.438. The minimum absolute atomic E-state index is 0. The first-order chi connectivity index (χ1) is 10.5. The molecule has 126 valence electrons. The Morgan fingerprint density at radius 2 is 2.04 bits per heavy atom. The van der Waals surface area contributed by atoms with Crippen LogP contribution in [0.3, 0.4) is 0 Å². The number of hydrogen-bond acceptors (Lipinski definition) is 4. The van der Waals surface area contributed by atoms with Crippen LogP contribution in [-0.4, -0.2) is 27.4 Å². The summed E-state index contributed by atoms with van der Waals surface area (Å²) >= 11 is 0.